The number of benzene rings is 2. The van der Waals surface area contributed by atoms with Crippen LogP contribution in [0, 0.1) is 11.7 Å². The number of amides is 1. The number of hydrogen-bond acceptors (Lipinski definition) is 3. The maximum Gasteiger partial charge on any atom is 0.257 e. The van der Waals surface area contributed by atoms with Crippen LogP contribution in [-0.2, 0) is 0 Å². The van der Waals surface area contributed by atoms with Crippen molar-refractivity contribution in [3.63, 3.8) is 0 Å². The lowest BCUT2D eigenvalue weighted by Gasteiger charge is -2.12. The van der Waals surface area contributed by atoms with Gasteiger partial charge in [-0.15, -0.1) is 0 Å². The van der Waals surface area contributed by atoms with E-state index in [0.717, 1.165) is 0 Å². The van der Waals surface area contributed by atoms with Gasteiger partial charge in [-0.1, -0.05) is 31.5 Å². The standard InChI is InChI=1S/C18H18ClFN2O2S/c1-11(2)10-24-14-5-3-4-12(8-14)17(23)22-18(25)21-13-6-7-16(20)15(19)9-13/h3-9,11H,10H2,1-2H3,(H2,21,22,23,25). The van der Waals surface area contributed by atoms with Crippen LogP contribution in [0.2, 0.25) is 5.02 Å². The average molecular weight is 381 g/mol. The van der Waals surface area contributed by atoms with Gasteiger partial charge in [-0.05, 0) is 54.5 Å². The average Bonchev–Trinajstić information content (AvgIpc) is 2.56. The molecule has 4 nitrogen and oxygen atoms in total. The Labute approximate surface area is 156 Å². The van der Waals surface area contributed by atoms with Gasteiger partial charge < -0.3 is 10.1 Å². The van der Waals surface area contributed by atoms with Crippen LogP contribution in [0.25, 0.3) is 0 Å². The highest BCUT2D eigenvalue weighted by Gasteiger charge is 2.10. The molecule has 0 spiro atoms. The summed E-state index contributed by atoms with van der Waals surface area (Å²) in [5.41, 5.74) is 0.897. The molecule has 2 aromatic carbocycles. The molecule has 0 unspecified atom stereocenters. The van der Waals surface area contributed by atoms with Crippen LogP contribution < -0.4 is 15.4 Å². The molecule has 7 heteroatoms. The van der Waals surface area contributed by atoms with Crippen molar-refractivity contribution < 1.29 is 13.9 Å². The minimum atomic E-state index is -0.527. The van der Waals surface area contributed by atoms with E-state index in [4.69, 9.17) is 28.6 Å². The van der Waals surface area contributed by atoms with Gasteiger partial charge in [0.2, 0.25) is 0 Å². The minimum absolute atomic E-state index is 0.0332. The fraction of sp³-hybridized carbons (Fsp3) is 0.222. The number of thiocarbonyl (C=S) groups is 1. The predicted molar refractivity (Wildman–Crippen MR) is 102 cm³/mol. The molecular formula is C18H18ClFN2O2S. The first-order valence-electron chi connectivity index (χ1n) is 7.65. The summed E-state index contributed by atoms with van der Waals surface area (Å²) in [6, 6.07) is 10.9. The number of ether oxygens (including phenoxy) is 1. The monoisotopic (exact) mass is 380 g/mol. The van der Waals surface area contributed by atoms with Crippen LogP contribution in [0.1, 0.15) is 24.2 Å². The largest absolute Gasteiger partial charge is 0.493 e. The third kappa shape index (κ3) is 5.99. The van der Waals surface area contributed by atoms with Crippen molar-refractivity contribution in [3.05, 3.63) is 58.9 Å². The van der Waals surface area contributed by atoms with Gasteiger partial charge in [-0.2, -0.15) is 0 Å². The predicted octanol–water partition coefficient (Wildman–Crippen LogP) is 4.64. The Bertz CT molecular complexity index is 783. The lowest BCUT2D eigenvalue weighted by atomic mass is 10.2. The van der Waals surface area contributed by atoms with E-state index in [1.807, 2.05) is 13.8 Å². The van der Waals surface area contributed by atoms with Gasteiger partial charge in [0, 0.05) is 11.3 Å². The van der Waals surface area contributed by atoms with Crippen LogP contribution in [-0.4, -0.2) is 17.6 Å². The zero-order chi connectivity index (χ0) is 18.4. The summed E-state index contributed by atoms with van der Waals surface area (Å²) in [5, 5.41) is 5.39. The van der Waals surface area contributed by atoms with Crippen LogP contribution in [0.4, 0.5) is 10.1 Å². The van der Waals surface area contributed by atoms with E-state index in [9.17, 15) is 9.18 Å². The number of rotatable bonds is 5. The van der Waals surface area contributed by atoms with E-state index in [-0.39, 0.29) is 16.0 Å². The van der Waals surface area contributed by atoms with Crippen LogP contribution in [0.5, 0.6) is 5.75 Å². The summed E-state index contributed by atoms with van der Waals surface area (Å²) in [6.45, 7) is 4.65. The van der Waals surface area contributed by atoms with Crippen LogP contribution in [0.15, 0.2) is 42.5 Å². The van der Waals surface area contributed by atoms with Gasteiger partial charge in [0.1, 0.15) is 11.6 Å². The fourth-order valence-electron chi connectivity index (χ4n) is 1.90. The number of anilines is 1. The van der Waals surface area contributed by atoms with Crippen molar-refractivity contribution >= 4 is 40.5 Å². The Hall–Kier alpha value is -2.18. The third-order valence-corrected chi connectivity index (χ3v) is 3.58. The van der Waals surface area contributed by atoms with Crippen molar-refractivity contribution in [3.8, 4) is 5.75 Å². The van der Waals surface area contributed by atoms with Crippen molar-refractivity contribution in [2.75, 3.05) is 11.9 Å². The highest BCUT2D eigenvalue weighted by atomic mass is 35.5. The normalized spacial score (nSPS) is 10.4. The van der Waals surface area contributed by atoms with Crippen LogP contribution >= 0.6 is 23.8 Å². The highest BCUT2D eigenvalue weighted by Crippen LogP contribution is 2.19. The van der Waals surface area contributed by atoms with Gasteiger partial charge in [-0.3, -0.25) is 10.1 Å². The van der Waals surface area contributed by atoms with Gasteiger partial charge in [-0.25, -0.2) is 4.39 Å². The van der Waals surface area contributed by atoms with Crippen molar-refractivity contribution in [1.82, 2.24) is 5.32 Å². The molecule has 0 fully saturated rings. The molecule has 2 aromatic rings. The van der Waals surface area contributed by atoms with E-state index in [1.54, 1.807) is 24.3 Å². The third-order valence-electron chi connectivity index (χ3n) is 3.08. The molecule has 0 aromatic heterocycles. The maximum absolute atomic E-state index is 13.1. The summed E-state index contributed by atoms with van der Waals surface area (Å²) in [7, 11) is 0. The van der Waals surface area contributed by atoms with Crippen molar-refractivity contribution in [2.24, 2.45) is 5.92 Å². The number of nitrogens with one attached hydrogen (secondary N) is 2. The van der Waals surface area contributed by atoms with Crippen molar-refractivity contribution in [2.45, 2.75) is 13.8 Å². The number of hydrogen-bond donors (Lipinski definition) is 2. The number of carbonyl (C=O) groups is 1. The molecule has 2 rings (SSSR count). The molecule has 0 heterocycles. The van der Waals surface area contributed by atoms with Gasteiger partial charge in [0.05, 0.1) is 11.6 Å². The van der Waals surface area contributed by atoms with Crippen molar-refractivity contribution in [1.29, 1.82) is 0 Å². The van der Waals surface area contributed by atoms with Crippen LogP contribution in [0.3, 0.4) is 0 Å². The Balaban J connectivity index is 1.97. The second-order valence-corrected chi connectivity index (χ2v) is 6.59. The maximum atomic E-state index is 13.1. The van der Waals surface area contributed by atoms with E-state index in [1.165, 1.54) is 18.2 Å². The molecule has 0 radical (unpaired) electrons. The van der Waals surface area contributed by atoms with E-state index in [0.29, 0.717) is 29.5 Å². The topological polar surface area (TPSA) is 50.4 Å². The Morgan fingerprint density at radius 2 is 2.04 bits per heavy atom. The Morgan fingerprint density at radius 1 is 1.28 bits per heavy atom. The lowest BCUT2D eigenvalue weighted by molar-refractivity contribution is 0.0977. The zero-order valence-corrected chi connectivity index (χ0v) is 15.4. The molecule has 132 valence electrons. The molecule has 0 aliphatic heterocycles. The molecule has 0 bridgehead atoms. The molecule has 0 saturated heterocycles. The Kier molecular flexibility index (Phi) is 6.73. The molecule has 0 atom stereocenters. The summed E-state index contributed by atoms with van der Waals surface area (Å²) in [6.07, 6.45) is 0. The quantitative estimate of drug-likeness (QED) is 0.742. The molecule has 0 aliphatic carbocycles. The first kappa shape index (κ1) is 19.1. The van der Waals surface area contributed by atoms with Gasteiger partial charge in [0.15, 0.2) is 5.11 Å². The smallest absolute Gasteiger partial charge is 0.257 e. The first-order chi connectivity index (χ1) is 11.8. The molecule has 0 saturated carbocycles. The molecule has 25 heavy (non-hydrogen) atoms. The fourth-order valence-corrected chi connectivity index (χ4v) is 2.29. The van der Waals surface area contributed by atoms with E-state index in [2.05, 4.69) is 10.6 Å². The summed E-state index contributed by atoms with van der Waals surface area (Å²) >= 11 is 10.8. The summed E-state index contributed by atoms with van der Waals surface area (Å²) in [4.78, 5) is 12.3. The second-order valence-electron chi connectivity index (χ2n) is 5.77. The number of halogens is 2. The van der Waals surface area contributed by atoms with Gasteiger partial charge >= 0.3 is 0 Å². The summed E-state index contributed by atoms with van der Waals surface area (Å²) in [5.74, 6) is 0.100. The number of carbonyl (C=O) groups excluding carboxylic acids is 1. The van der Waals surface area contributed by atoms with Gasteiger partial charge in [0.25, 0.3) is 5.91 Å². The second kappa shape index (κ2) is 8.78. The molecule has 0 aliphatic rings. The molecule has 1 amide bonds. The summed E-state index contributed by atoms with van der Waals surface area (Å²) < 4.78 is 18.7. The van der Waals surface area contributed by atoms with E-state index >= 15 is 0 Å². The molecular weight excluding hydrogens is 363 g/mol. The Morgan fingerprint density at radius 3 is 2.72 bits per heavy atom. The lowest BCUT2D eigenvalue weighted by Crippen LogP contribution is -2.34. The minimum Gasteiger partial charge on any atom is -0.493 e. The van der Waals surface area contributed by atoms with E-state index < -0.39 is 5.82 Å². The SMILES string of the molecule is CC(C)COc1cccc(C(=O)NC(=S)Nc2ccc(F)c(Cl)c2)c1. The first-order valence-corrected chi connectivity index (χ1v) is 8.44. The zero-order valence-electron chi connectivity index (χ0n) is 13.8. The highest BCUT2D eigenvalue weighted by molar-refractivity contribution is 7.80. The molecule has 2 N–H and O–H groups in total.